The summed E-state index contributed by atoms with van der Waals surface area (Å²) in [4.78, 5) is 19.9. The van der Waals surface area contributed by atoms with Gasteiger partial charge in [-0.25, -0.2) is 0 Å². The molecule has 6 heteroatoms. The average molecular weight is 410 g/mol. The number of pyridine rings is 1. The van der Waals surface area contributed by atoms with Crippen LogP contribution < -0.4 is 5.32 Å². The second-order valence-corrected chi connectivity index (χ2v) is 8.01. The van der Waals surface area contributed by atoms with E-state index in [4.69, 9.17) is 4.74 Å². The van der Waals surface area contributed by atoms with Crippen molar-refractivity contribution in [3.8, 4) is 0 Å². The Morgan fingerprint density at radius 2 is 1.93 bits per heavy atom. The molecule has 1 amide bonds. The average Bonchev–Trinajstić information content (AvgIpc) is 3.11. The lowest BCUT2D eigenvalue weighted by molar-refractivity contribution is -0.150. The van der Waals surface area contributed by atoms with E-state index in [-0.39, 0.29) is 36.6 Å². The molecule has 0 aromatic carbocycles. The minimum Gasteiger partial charge on any atom is -0.365 e. The van der Waals surface area contributed by atoms with Gasteiger partial charge in [0.1, 0.15) is 6.10 Å². The molecule has 158 valence electrons. The molecule has 2 fully saturated rings. The Morgan fingerprint density at radius 1 is 1.14 bits per heavy atom. The molecule has 0 radical (unpaired) electrons. The normalized spacial score (nSPS) is 22.4. The quantitative estimate of drug-likeness (QED) is 0.718. The summed E-state index contributed by atoms with van der Waals surface area (Å²) in [6, 6.07) is 6.18. The Morgan fingerprint density at radius 3 is 2.64 bits per heavy atom. The number of hydrogen-bond acceptors (Lipinski definition) is 4. The molecular formula is C22H36ClN3O2. The van der Waals surface area contributed by atoms with Crippen molar-refractivity contribution in [1.82, 2.24) is 15.2 Å². The molecule has 2 atom stereocenters. The fraction of sp³-hybridized carbons (Fsp3) is 0.727. The largest absolute Gasteiger partial charge is 0.365 e. The zero-order chi connectivity index (χ0) is 18.9. The molecule has 1 aromatic heterocycles. The highest BCUT2D eigenvalue weighted by Crippen LogP contribution is 2.23. The van der Waals surface area contributed by atoms with Crippen LogP contribution in [0.5, 0.6) is 0 Å². The monoisotopic (exact) mass is 409 g/mol. The van der Waals surface area contributed by atoms with Crippen LogP contribution in [0, 0.1) is 0 Å². The smallest absolute Gasteiger partial charge is 0.252 e. The van der Waals surface area contributed by atoms with Crippen LogP contribution in [0.2, 0.25) is 0 Å². The Kier molecular flexibility index (Phi) is 10.2. The maximum Gasteiger partial charge on any atom is 0.252 e. The number of ether oxygens (including phenoxy) is 1. The molecule has 1 N–H and O–H groups in total. The summed E-state index contributed by atoms with van der Waals surface area (Å²) in [7, 11) is 0. The summed E-state index contributed by atoms with van der Waals surface area (Å²) in [5.74, 6) is 0.122. The van der Waals surface area contributed by atoms with E-state index in [9.17, 15) is 4.79 Å². The fourth-order valence-corrected chi connectivity index (χ4v) is 4.32. The second-order valence-electron chi connectivity index (χ2n) is 8.01. The third-order valence-electron chi connectivity index (χ3n) is 5.87. The van der Waals surface area contributed by atoms with Crippen LogP contribution in [-0.2, 0) is 16.1 Å². The first-order valence-corrected chi connectivity index (χ1v) is 10.8. The summed E-state index contributed by atoms with van der Waals surface area (Å²) < 4.78 is 6.25. The predicted molar refractivity (Wildman–Crippen MR) is 115 cm³/mol. The van der Waals surface area contributed by atoms with Gasteiger partial charge in [0, 0.05) is 12.2 Å². The van der Waals surface area contributed by atoms with Crippen LogP contribution in [0.15, 0.2) is 24.4 Å². The molecule has 1 saturated carbocycles. The molecule has 1 aromatic rings. The third-order valence-corrected chi connectivity index (χ3v) is 5.87. The van der Waals surface area contributed by atoms with E-state index in [1.165, 1.54) is 25.7 Å². The number of aromatic nitrogens is 1. The summed E-state index contributed by atoms with van der Waals surface area (Å²) >= 11 is 0. The molecule has 1 aliphatic carbocycles. The predicted octanol–water partition coefficient (Wildman–Crippen LogP) is 4.10. The first kappa shape index (κ1) is 23.1. The number of carbonyl (C=O) groups excluding carboxylic acids is 1. The summed E-state index contributed by atoms with van der Waals surface area (Å²) in [5.41, 5.74) is 0.949. The van der Waals surface area contributed by atoms with Crippen LogP contribution in [0.25, 0.3) is 0 Å². The van der Waals surface area contributed by atoms with Crippen molar-refractivity contribution >= 4 is 18.3 Å². The number of hydrogen-bond donors (Lipinski definition) is 1. The molecule has 0 spiro atoms. The van der Waals surface area contributed by atoms with E-state index in [1.807, 2.05) is 30.0 Å². The lowest BCUT2D eigenvalue weighted by Crippen LogP contribution is -2.46. The van der Waals surface area contributed by atoms with Crippen molar-refractivity contribution in [2.75, 3.05) is 13.1 Å². The highest BCUT2D eigenvalue weighted by Gasteiger charge is 2.30. The van der Waals surface area contributed by atoms with E-state index >= 15 is 0 Å². The van der Waals surface area contributed by atoms with E-state index in [0.29, 0.717) is 6.54 Å². The van der Waals surface area contributed by atoms with Crippen molar-refractivity contribution in [3.63, 3.8) is 0 Å². The lowest BCUT2D eigenvalue weighted by Gasteiger charge is -2.34. The molecule has 2 unspecified atom stereocenters. The molecule has 1 saturated heterocycles. The number of halogens is 1. The zero-order valence-electron chi connectivity index (χ0n) is 17.1. The molecule has 5 nitrogen and oxygen atoms in total. The van der Waals surface area contributed by atoms with Gasteiger partial charge in [-0.2, -0.15) is 0 Å². The molecule has 3 rings (SSSR count). The van der Waals surface area contributed by atoms with Crippen LogP contribution in [0.1, 0.15) is 70.4 Å². The van der Waals surface area contributed by atoms with E-state index in [0.717, 1.165) is 50.9 Å². The summed E-state index contributed by atoms with van der Waals surface area (Å²) in [5, 5.41) is 3.45. The minimum atomic E-state index is -0.381. The Balaban J connectivity index is 0.00000280. The first-order valence-electron chi connectivity index (χ1n) is 10.8. The van der Waals surface area contributed by atoms with Crippen molar-refractivity contribution in [2.45, 2.75) is 89.5 Å². The van der Waals surface area contributed by atoms with Gasteiger partial charge in [0.15, 0.2) is 0 Å². The Hall–Kier alpha value is -1.17. The van der Waals surface area contributed by atoms with Gasteiger partial charge in [0.05, 0.1) is 18.3 Å². The number of amides is 1. The van der Waals surface area contributed by atoms with Crippen LogP contribution >= 0.6 is 12.4 Å². The number of rotatable bonds is 6. The highest BCUT2D eigenvalue weighted by molar-refractivity contribution is 5.85. The second kappa shape index (κ2) is 12.4. The highest BCUT2D eigenvalue weighted by atomic mass is 35.5. The van der Waals surface area contributed by atoms with E-state index in [1.54, 1.807) is 6.20 Å². The maximum absolute atomic E-state index is 13.4. The molecule has 2 aliphatic rings. The Labute approximate surface area is 176 Å². The van der Waals surface area contributed by atoms with Gasteiger partial charge in [-0.05, 0) is 64.3 Å². The molecular weight excluding hydrogens is 374 g/mol. The van der Waals surface area contributed by atoms with Gasteiger partial charge in [-0.3, -0.25) is 9.78 Å². The molecule has 0 bridgehead atoms. The summed E-state index contributed by atoms with van der Waals surface area (Å²) in [6.45, 7) is 4.51. The topological polar surface area (TPSA) is 54.5 Å². The van der Waals surface area contributed by atoms with Gasteiger partial charge in [0.2, 0.25) is 0 Å². The Bertz CT molecular complexity index is 556. The molecule has 28 heavy (non-hydrogen) atoms. The summed E-state index contributed by atoms with van der Waals surface area (Å²) in [6.07, 6.45) is 12.0. The first-order chi connectivity index (χ1) is 13.2. The molecule has 1 aliphatic heterocycles. The van der Waals surface area contributed by atoms with Gasteiger partial charge in [0.25, 0.3) is 5.91 Å². The zero-order valence-corrected chi connectivity index (χ0v) is 18.0. The van der Waals surface area contributed by atoms with E-state index < -0.39 is 0 Å². The van der Waals surface area contributed by atoms with Crippen molar-refractivity contribution in [2.24, 2.45) is 0 Å². The van der Waals surface area contributed by atoms with Crippen molar-refractivity contribution in [1.29, 1.82) is 0 Å². The van der Waals surface area contributed by atoms with Crippen LogP contribution in [-0.4, -0.2) is 47.1 Å². The molecule has 2 heterocycles. The SMILES string of the molecule is CC(OC1CCCCCC1)C(=O)N(Cc1ccccn1)C1CCCNCC1.Cl. The van der Waals surface area contributed by atoms with Gasteiger partial charge in [-0.15, -0.1) is 12.4 Å². The van der Waals surface area contributed by atoms with Gasteiger partial charge < -0.3 is 15.0 Å². The van der Waals surface area contributed by atoms with Crippen LogP contribution in [0.4, 0.5) is 0 Å². The van der Waals surface area contributed by atoms with Gasteiger partial charge in [-0.1, -0.05) is 31.7 Å². The number of nitrogens with zero attached hydrogens (tertiary/aromatic N) is 2. The lowest BCUT2D eigenvalue weighted by atomic mass is 10.1. The number of carbonyl (C=O) groups is 1. The maximum atomic E-state index is 13.4. The van der Waals surface area contributed by atoms with Gasteiger partial charge >= 0.3 is 0 Å². The number of nitrogens with one attached hydrogen (secondary N) is 1. The van der Waals surface area contributed by atoms with Crippen molar-refractivity contribution in [3.05, 3.63) is 30.1 Å². The van der Waals surface area contributed by atoms with Crippen molar-refractivity contribution < 1.29 is 9.53 Å². The fourth-order valence-electron chi connectivity index (χ4n) is 4.32. The third kappa shape index (κ3) is 7.02. The minimum absolute atomic E-state index is 0. The van der Waals surface area contributed by atoms with E-state index in [2.05, 4.69) is 10.3 Å². The van der Waals surface area contributed by atoms with Crippen LogP contribution in [0.3, 0.4) is 0 Å². The standard InChI is InChI=1S/C22H35N3O2.ClH/c1-18(27-21-11-4-2-3-5-12-21)22(26)25(17-19-9-6-7-15-24-19)20-10-8-14-23-16-13-20;/h6-7,9,15,18,20-21,23H,2-5,8,10-14,16-17H2,1H3;1H.